The van der Waals surface area contributed by atoms with Gasteiger partial charge in [0.1, 0.15) is 5.75 Å². The Bertz CT molecular complexity index is 638. The van der Waals surface area contributed by atoms with Gasteiger partial charge in [0.15, 0.2) is 0 Å². The molecule has 0 aliphatic carbocycles. The van der Waals surface area contributed by atoms with Crippen LogP contribution in [0.25, 0.3) is 10.9 Å². The third-order valence-electron chi connectivity index (χ3n) is 3.69. The van der Waals surface area contributed by atoms with Crippen LogP contribution in [0.15, 0.2) is 18.2 Å². The molecule has 0 aliphatic rings. The third-order valence-corrected chi connectivity index (χ3v) is 3.69. The van der Waals surface area contributed by atoms with Crippen LogP contribution in [0, 0.1) is 6.92 Å². The van der Waals surface area contributed by atoms with Gasteiger partial charge in [0.2, 0.25) is 0 Å². The van der Waals surface area contributed by atoms with Crippen LogP contribution in [0.3, 0.4) is 0 Å². The van der Waals surface area contributed by atoms with E-state index >= 15 is 0 Å². The topological polar surface area (TPSA) is 54.6 Å². The number of fused-ring (bicyclic) bond motifs is 1. The Hall–Kier alpha value is -1.52. The van der Waals surface area contributed by atoms with E-state index in [0.717, 1.165) is 27.9 Å². The van der Waals surface area contributed by atoms with Crippen molar-refractivity contribution in [3.05, 3.63) is 29.5 Å². The summed E-state index contributed by atoms with van der Waals surface area (Å²) in [6.07, 6.45) is -0.785. The van der Waals surface area contributed by atoms with Gasteiger partial charge >= 0.3 is 0 Å². The van der Waals surface area contributed by atoms with E-state index in [1.807, 2.05) is 13.0 Å². The van der Waals surface area contributed by atoms with Crippen molar-refractivity contribution in [3.63, 3.8) is 0 Å². The Morgan fingerprint density at radius 1 is 1.24 bits per heavy atom. The second-order valence-electron chi connectivity index (χ2n) is 6.63. The normalized spacial score (nSPS) is 13.7. The quantitative estimate of drug-likeness (QED) is 0.910. The summed E-state index contributed by atoms with van der Waals surface area (Å²) in [5.74, 6) is 0.797. The number of aryl methyl sites for hydroxylation is 1. The lowest BCUT2D eigenvalue weighted by Gasteiger charge is -2.23. The molecule has 1 atom stereocenters. The van der Waals surface area contributed by atoms with Gasteiger partial charge < -0.3 is 19.5 Å². The highest BCUT2D eigenvalue weighted by Crippen LogP contribution is 2.35. The fourth-order valence-electron chi connectivity index (χ4n) is 2.75. The second-order valence-corrected chi connectivity index (χ2v) is 6.63. The van der Waals surface area contributed by atoms with Crippen molar-refractivity contribution in [1.29, 1.82) is 0 Å². The van der Waals surface area contributed by atoms with Crippen LogP contribution in [0.5, 0.6) is 5.75 Å². The van der Waals surface area contributed by atoms with Crippen LogP contribution < -0.4 is 4.74 Å². The van der Waals surface area contributed by atoms with Crippen molar-refractivity contribution >= 4 is 10.9 Å². The lowest BCUT2D eigenvalue weighted by Crippen LogP contribution is -2.25. The number of hydrogen-bond donors (Lipinski definition) is 2. The zero-order valence-corrected chi connectivity index (χ0v) is 13.5. The molecule has 0 bridgehead atoms. The molecule has 2 rings (SSSR count). The maximum Gasteiger partial charge on any atom is 0.143 e. The molecule has 0 aliphatic heterocycles. The first-order chi connectivity index (χ1) is 9.77. The van der Waals surface area contributed by atoms with Gasteiger partial charge in [-0.15, -0.1) is 0 Å². The van der Waals surface area contributed by atoms with E-state index in [4.69, 9.17) is 4.74 Å². The Balaban J connectivity index is 2.75. The summed E-state index contributed by atoms with van der Waals surface area (Å²) >= 11 is 0. The van der Waals surface area contributed by atoms with Crippen LogP contribution in [-0.2, 0) is 12.0 Å². The molecule has 1 aromatic carbocycles. The van der Waals surface area contributed by atoms with E-state index in [0.29, 0.717) is 6.54 Å². The number of aromatic nitrogens is 1. The average Bonchev–Trinajstić information content (AvgIpc) is 2.76. The predicted molar refractivity (Wildman–Crippen MR) is 85.0 cm³/mol. The summed E-state index contributed by atoms with van der Waals surface area (Å²) in [6, 6.07) is 6.26. The number of aliphatic hydroxyl groups excluding tert-OH is 2. The maximum atomic E-state index is 9.89. The van der Waals surface area contributed by atoms with E-state index in [1.165, 1.54) is 0 Å². The van der Waals surface area contributed by atoms with E-state index in [2.05, 4.69) is 37.5 Å². The highest BCUT2D eigenvalue weighted by atomic mass is 16.5. The van der Waals surface area contributed by atoms with Gasteiger partial charge in [0.25, 0.3) is 0 Å². The van der Waals surface area contributed by atoms with Crippen molar-refractivity contribution in [2.75, 3.05) is 13.7 Å². The minimum atomic E-state index is -0.785. The second kappa shape index (κ2) is 5.70. The molecule has 0 saturated carbocycles. The lowest BCUT2D eigenvalue weighted by molar-refractivity contribution is 0.0809. The van der Waals surface area contributed by atoms with Crippen molar-refractivity contribution in [3.8, 4) is 5.75 Å². The van der Waals surface area contributed by atoms with Crippen molar-refractivity contribution in [1.82, 2.24) is 4.57 Å². The molecule has 0 radical (unpaired) electrons. The monoisotopic (exact) mass is 291 g/mol. The summed E-state index contributed by atoms with van der Waals surface area (Å²) in [7, 11) is 1.66. The molecular weight excluding hydrogens is 266 g/mol. The van der Waals surface area contributed by atoms with Gasteiger partial charge in [-0.2, -0.15) is 0 Å². The molecule has 1 aromatic heterocycles. The molecule has 116 valence electrons. The van der Waals surface area contributed by atoms with Crippen LogP contribution in [0.4, 0.5) is 0 Å². The number of methoxy groups -OCH3 is 1. The van der Waals surface area contributed by atoms with Crippen LogP contribution >= 0.6 is 0 Å². The largest absolute Gasteiger partial charge is 0.495 e. The minimum Gasteiger partial charge on any atom is -0.495 e. The molecule has 4 nitrogen and oxygen atoms in total. The highest BCUT2D eigenvalue weighted by molar-refractivity contribution is 5.88. The molecule has 1 heterocycles. The Morgan fingerprint density at radius 2 is 1.90 bits per heavy atom. The number of rotatable bonds is 4. The SMILES string of the molecule is COc1cc(C)cc2cc(C(C)(C)C)n(CC(O)CO)c12. The van der Waals surface area contributed by atoms with E-state index in [-0.39, 0.29) is 12.0 Å². The van der Waals surface area contributed by atoms with Gasteiger partial charge in [-0.05, 0) is 30.7 Å². The number of ether oxygens (including phenoxy) is 1. The van der Waals surface area contributed by atoms with Crippen LogP contribution in [0.1, 0.15) is 32.0 Å². The zero-order valence-electron chi connectivity index (χ0n) is 13.5. The first-order valence-electron chi connectivity index (χ1n) is 7.25. The smallest absolute Gasteiger partial charge is 0.143 e. The standard InChI is InChI=1S/C17H25NO3/c1-11-6-12-8-15(17(2,3)4)18(9-13(20)10-19)16(12)14(7-11)21-5/h6-8,13,19-20H,9-10H2,1-5H3. The Kier molecular flexibility index (Phi) is 4.30. The first-order valence-corrected chi connectivity index (χ1v) is 7.25. The summed E-state index contributed by atoms with van der Waals surface area (Å²) in [5, 5.41) is 20.2. The zero-order chi connectivity index (χ0) is 15.8. The highest BCUT2D eigenvalue weighted by Gasteiger charge is 2.24. The van der Waals surface area contributed by atoms with Crippen LogP contribution in [0.2, 0.25) is 0 Å². The molecular formula is C17H25NO3. The molecule has 2 aromatic rings. The lowest BCUT2D eigenvalue weighted by atomic mass is 9.92. The van der Waals surface area contributed by atoms with Gasteiger partial charge in [-0.25, -0.2) is 0 Å². The van der Waals surface area contributed by atoms with Gasteiger partial charge in [0, 0.05) is 16.5 Å². The molecule has 0 spiro atoms. The molecule has 0 amide bonds. The molecule has 21 heavy (non-hydrogen) atoms. The predicted octanol–water partition coefficient (Wildman–Crippen LogP) is 2.61. The van der Waals surface area contributed by atoms with E-state index < -0.39 is 6.10 Å². The average molecular weight is 291 g/mol. The van der Waals surface area contributed by atoms with Gasteiger partial charge in [-0.3, -0.25) is 0 Å². The molecule has 2 N–H and O–H groups in total. The van der Waals surface area contributed by atoms with Crippen molar-refractivity contribution in [2.24, 2.45) is 0 Å². The van der Waals surface area contributed by atoms with Crippen molar-refractivity contribution in [2.45, 2.75) is 45.8 Å². The van der Waals surface area contributed by atoms with Crippen molar-refractivity contribution < 1.29 is 14.9 Å². The maximum absolute atomic E-state index is 9.89. The van der Waals surface area contributed by atoms with Gasteiger partial charge in [0.05, 0.1) is 31.9 Å². The summed E-state index contributed by atoms with van der Waals surface area (Å²) in [5.41, 5.74) is 3.17. The molecule has 0 saturated heterocycles. The Labute approximate surface area is 126 Å². The van der Waals surface area contributed by atoms with Crippen LogP contribution in [-0.4, -0.2) is 34.6 Å². The molecule has 4 heteroatoms. The fourth-order valence-corrected chi connectivity index (χ4v) is 2.75. The fraction of sp³-hybridized carbons (Fsp3) is 0.529. The number of aliphatic hydroxyl groups is 2. The first kappa shape index (κ1) is 15.9. The summed E-state index contributed by atoms with van der Waals surface area (Å²) in [4.78, 5) is 0. The number of nitrogens with zero attached hydrogens (tertiary/aromatic N) is 1. The van der Waals surface area contributed by atoms with Gasteiger partial charge in [-0.1, -0.05) is 20.8 Å². The number of benzene rings is 1. The summed E-state index contributed by atoms with van der Waals surface area (Å²) < 4.78 is 7.59. The summed E-state index contributed by atoms with van der Waals surface area (Å²) in [6.45, 7) is 8.56. The number of hydrogen-bond acceptors (Lipinski definition) is 3. The van der Waals surface area contributed by atoms with E-state index in [9.17, 15) is 10.2 Å². The molecule has 0 fully saturated rings. The minimum absolute atomic E-state index is 0.0624. The third kappa shape index (κ3) is 3.06. The molecule has 1 unspecified atom stereocenters. The Morgan fingerprint density at radius 3 is 2.43 bits per heavy atom. The van der Waals surface area contributed by atoms with E-state index in [1.54, 1.807) is 7.11 Å².